The zero-order chi connectivity index (χ0) is 8.48. The summed E-state index contributed by atoms with van der Waals surface area (Å²) in [7, 11) is 0. The van der Waals surface area contributed by atoms with Crippen LogP contribution in [0.5, 0.6) is 0 Å². The van der Waals surface area contributed by atoms with E-state index in [9.17, 15) is 4.79 Å². The average Bonchev–Trinajstić information content (AvgIpc) is 1.95. The lowest BCUT2D eigenvalue weighted by molar-refractivity contribution is -0.123. The molecule has 1 unspecified atom stereocenters. The van der Waals surface area contributed by atoms with Gasteiger partial charge in [-0.3, -0.25) is 4.79 Å². The molecule has 62 valence electrons. The lowest BCUT2D eigenvalue weighted by Crippen LogP contribution is -2.34. The number of carbonyl (C=O) groups is 1. The Morgan fingerprint density at radius 3 is 2.64 bits per heavy atom. The highest BCUT2D eigenvalue weighted by Crippen LogP contribution is 2.37. The van der Waals surface area contributed by atoms with Crippen molar-refractivity contribution in [2.75, 3.05) is 0 Å². The number of carbonyl (C=O) groups excluding carboxylic acids is 1. The van der Waals surface area contributed by atoms with Crippen molar-refractivity contribution in [3.63, 3.8) is 0 Å². The summed E-state index contributed by atoms with van der Waals surface area (Å²) in [5.74, 6) is 0.0405. The zero-order valence-corrected chi connectivity index (χ0v) is 7.82. The molecule has 0 heterocycles. The summed E-state index contributed by atoms with van der Waals surface area (Å²) in [5, 5.41) is 0. The van der Waals surface area contributed by atoms with Gasteiger partial charge in [0.2, 0.25) is 0 Å². The maximum absolute atomic E-state index is 11.3. The molecule has 3 heteroatoms. The molecule has 0 spiro atoms. The van der Waals surface area contributed by atoms with Crippen molar-refractivity contribution in [3.8, 4) is 0 Å². The van der Waals surface area contributed by atoms with E-state index in [2.05, 4.69) is 0 Å². The Morgan fingerprint density at radius 1 is 1.64 bits per heavy atom. The highest BCUT2D eigenvalue weighted by molar-refractivity contribution is 6.46. The Balaban J connectivity index is 2.85. The summed E-state index contributed by atoms with van der Waals surface area (Å²) in [6.07, 6.45) is 5.07. The average molecular weight is 193 g/mol. The first-order valence-electron chi connectivity index (χ1n) is 3.56. The van der Waals surface area contributed by atoms with E-state index < -0.39 is 10.3 Å². The van der Waals surface area contributed by atoms with Crippen LogP contribution in [-0.4, -0.2) is 10.6 Å². The third kappa shape index (κ3) is 1.60. The largest absolute Gasteiger partial charge is 0.294 e. The van der Waals surface area contributed by atoms with Gasteiger partial charge in [-0.2, -0.15) is 0 Å². The molecule has 0 saturated carbocycles. The van der Waals surface area contributed by atoms with E-state index in [0.29, 0.717) is 0 Å². The number of allylic oxidation sites excluding steroid dienone is 2. The van der Waals surface area contributed by atoms with Crippen LogP contribution in [0.1, 0.15) is 19.8 Å². The van der Waals surface area contributed by atoms with E-state index in [1.165, 1.54) is 0 Å². The molecule has 0 fully saturated rings. The number of hydrogen-bond acceptors (Lipinski definition) is 1. The maximum Gasteiger partial charge on any atom is 0.163 e. The highest BCUT2D eigenvalue weighted by Gasteiger charge is 2.38. The van der Waals surface area contributed by atoms with Gasteiger partial charge in [0, 0.05) is 0 Å². The fourth-order valence-corrected chi connectivity index (χ4v) is 1.54. The number of rotatable bonds is 1. The van der Waals surface area contributed by atoms with Crippen molar-refractivity contribution in [3.05, 3.63) is 12.2 Å². The Hall–Kier alpha value is -0.0100. The summed E-state index contributed by atoms with van der Waals surface area (Å²) in [6, 6.07) is 0. The summed E-state index contributed by atoms with van der Waals surface area (Å²) >= 11 is 11.4. The van der Waals surface area contributed by atoms with Gasteiger partial charge in [0.15, 0.2) is 5.78 Å². The molecule has 1 rings (SSSR count). The van der Waals surface area contributed by atoms with Crippen LogP contribution in [0.4, 0.5) is 0 Å². The van der Waals surface area contributed by atoms with Gasteiger partial charge >= 0.3 is 0 Å². The zero-order valence-electron chi connectivity index (χ0n) is 6.31. The summed E-state index contributed by atoms with van der Waals surface area (Å²) < 4.78 is 0. The Kier molecular flexibility index (Phi) is 2.61. The molecule has 1 aliphatic rings. The second-order valence-electron chi connectivity index (χ2n) is 3.02. The van der Waals surface area contributed by atoms with Crippen molar-refractivity contribution in [2.24, 2.45) is 5.41 Å². The van der Waals surface area contributed by atoms with Crippen LogP contribution in [0.2, 0.25) is 0 Å². The van der Waals surface area contributed by atoms with Crippen molar-refractivity contribution in [2.45, 2.75) is 24.6 Å². The molecule has 0 bridgehead atoms. The van der Waals surface area contributed by atoms with Gasteiger partial charge in [-0.25, -0.2) is 0 Å². The van der Waals surface area contributed by atoms with E-state index >= 15 is 0 Å². The van der Waals surface area contributed by atoms with Crippen LogP contribution in [0.15, 0.2) is 12.2 Å². The van der Waals surface area contributed by atoms with E-state index in [0.717, 1.165) is 12.8 Å². The number of halogens is 2. The van der Waals surface area contributed by atoms with Gasteiger partial charge in [0.25, 0.3) is 0 Å². The standard InChI is InChI=1S/C8H10Cl2O/c1-8(7(9)10)5-3-2-4-6(8)11/h2,4,7H,3,5H2,1H3. The first-order chi connectivity index (χ1) is 5.07. The van der Waals surface area contributed by atoms with Crippen LogP contribution in [0.25, 0.3) is 0 Å². The number of hydrogen-bond donors (Lipinski definition) is 0. The second kappa shape index (κ2) is 3.16. The molecule has 1 aliphatic carbocycles. The predicted octanol–water partition coefficient (Wildman–Crippen LogP) is 2.72. The molecule has 0 radical (unpaired) electrons. The van der Waals surface area contributed by atoms with Crippen LogP contribution in [0.3, 0.4) is 0 Å². The van der Waals surface area contributed by atoms with Gasteiger partial charge < -0.3 is 0 Å². The minimum atomic E-state index is -0.597. The molecule has 1 nitrogen and oxygen atoms in total. The van der Waals surface area contributed by atoms with Gasteiger partial charge in [-0.05, 0) is 25.8 Å². The Labute approximate surface area is 76.4 Å². The maximum atomic E-state index is 11.3. The highest BCUT2D eigenvalue weighted by atomic mass is 35.5. The quantitative estimate of drug-likeness (QED) is 0.585. The van der Waals surface area contributed by atoms with E-state index in [-0.39, 0.29) is 5.78 Å². The molecule has 0 amide bonds. The summed E-state index contributed by atoms with van der Waals surface area (Å²) in [5.41, 5.74) is -0.558. The Morgan fingerprint density at radius 2 is 2.27 bits per heavy atom. The van der Waals surface area contributed by atoms with Crippen molar-refractivity contribution in [1.29, 1.82) is 0 Å². The molecule has 0 aromatic rings. The molecular formula is C8H10Cl2O. The van der Waals surface area contributed by atoms with Gasteiger partial charge in [-0.15, -0.1) is 23.2 Å². The molecule has 0 aromatic carbocycles. The van der Waals surface area contributed by atoms with E-state index in [1.807, 2.05) is 13.0 Å². The molecule has 1 atom stereocenters. The molecule has 11 heavy (non-hydrogen) atoms. The monoisotopic (exact) mass is 192 g/mol. The fraction of sp³-hybridized carbons (Fsp3) is 0.625. The number of ketones is 1. The normalized spacial score (nSPS) is 31.5. The van der Waals surface area contributed by atoms with E-state index in [1.54, 1.807) is 6.08 Å². The van der Waals surface area contributed by atoms with Crippen molar-refractivity contribution >= 4 is 29.0 Å². The molecule has 0 N–H and O–H groups in total. The van der Waals surface area contributed by atoms with Crippen LogP contribution in [-0.2, 0) is 4.79 Å². The molecule has 0 aliphatic heterocycles. The lowest BCUT2D eigenvalue weighted by atomic mass is 9.79. The fourth-order valence-electron chi connectivity index (χ4n) is 1.10. The molecule has 0 saturated heterocycles. The van der Waals surface area contributed by atoms with Gasteiger partial charge in [0.1, 0.15) is 4.84 Å². The van der Waals surface area contributed by atoms with Crippen molar-refractivity contribution < 1.29 is 4.79 Å². The predicted molar refractivity (Wildman–Crippen MR) is 47.0 cm³/mol. The number of alkyl halides is 2. The first-order valence-corrected chi connectivity index (χ1v) is 4.44. The van der Waals surface area contributed by atoms with E-state index in [4.69, 9.17) is 23.2 Å². The second-order valence-corrected chi connectivity index (χ2v) is 4.12. The SMILES string of the molecule is CC1(C(Cl)Cl)CCC=CC1=O. The lowest BCUT2D eigenvalue weighted by Gasteiger charge is -2.29. The third-order valence-electron chi connectivity index (χ3n) is 2.14. The third-order valence-corrected chi connectivity index (χ3v) is 3.11. The van der Waals surface area contributed by atoms with Crippen molar-refractivity contribution in [1.82, 2.24) is 0 Å². The van der Waals surface area contributed by atoms with Crippen LogP contribution >= 0.6 is 23.2 Å². The topological polar surface area (TPSA) is 17.1 Å². The summed E-state index contributed by atoms with van der Waals surface area (Å²) in [4.78, 5) is 10.7. The first kappa shape index (κ1) is 9.08. The minimum Gasteiger partial charge on any atom is -0.294 e. The smallest absolute Gasteiger partial charge is 0.163 e. The summed E-state index contributed by atoms with van der Waals surface area (Å²) in [6.45, 7) is 1.81. The van der Waals surface area contributed by atoms with Crippen LogP contribution < -0.4 is 0 Å². The minimum absolute atomic E-state index is 0.0405. The van der Waals surface area contributed by atoms with Gasteiger partial charge in [-0.1, -0.05) is 6.08 Å². The van der Waals surface area contributed by atoms with Gasteiger partial charge in [0.05, 0.1) is 5.41 Å². The Bertz CT molecular complexity index is 198. The molecular weight excluding hydrogens is 183 g/mol. The van der Waals surface area contributed by atoms with Crippen LogP contribution in [0, 0.1) is 5.41 Å². The molecule has 0 aromatic heterocycles.